The molecule has 0 aromatic carbocycles. The quantitative estimate of drug-likeness (QED) is 0.583. The average Bonchev–Trinajstić information content (AvgIpc) is 2.61. The minimum absolute atomic E-state index is 0.371. The predicted octanol–water partition coefficient (Wildman–Crippen LogP) is 0.935. The van der Waals surface area contributed by atoms with E-state index in [1.165, 1.54) is 6.26 Å². The Kier molecular flexibility index (Phi) is 1.74. The van der Waals surface area contributed by atoms with E-state index in [-0.39, 0.29) is 11.9 Å². The van der Waals surface area contributed by atoms with Crippen LogP contribution in [0.15, 0.2) is 24.0 Å². The van der Waals surface area contributed by atoms with E-state index in [4.69, 9.17) is 9.47 Å². The molecule has 0 fully saturated rings. The molecule has 0 aliphatic carbocycles. The molecule has 2 rings (SSSR count). The molecule has 0 saturated carbocycles. The Morgan fingerprint density at radius 2 is 2.14 bits per heavy atom. The van der Waals surface area contributed by atoms with Crippen LogP contribution in [0.25, 0.3) is 0 Å². The van der Waals surface area contributed by atoms with Gasteiger partial charge in [-0.15, -0.1) is 0 Å². The molecule has 2 heterocycles. The van der Waals surface area contributed by atoms with Gasteiger partial charge in [0.15, 0.2) is 0 Å². The first kappa shape index (κ1) is 8.99. The molecule has 0 spiro atoms. The van der Waals surface area contributed by atoms with E-state index in [0.717, 1.165) is 0 Å². The van der Waals surface area contributed by atoms with Crippen molar-refractivity contribution in [2.75, 3.05) is 0 Å². The number of hydrogen-bond donors (Lipinski definition) is 0. The molecule has 4 heteroatoms. The Labute approximate surface area is 81.2 Å². The Hall–Kier alpha value is -1.58. The van der Waals surface area contributed by atoms with Gasteiger partial charge >= 0.3 is 11.9 Å². The minimum atomic E-state index is -0.868. The van der Waals surface area contributed by atoms with Gasteiger partial charge in [0.2, 0.25) is 0 Å². The van der Waals surface area contributed by atoms with Crippen LogP contribution in [0, 0.1) is 5.41 Å². The summed E-state index contributed by atoms with van der Waals surface area (Å²) >= 11 is 0. The maximum absolute atomic E-state index is 11.4. The number of hydrogen-bond acceptors (Lipinski definition) is 4. The van der Waals surface area contributed by atoms with Crippen molar-refractivity contribution in [2.24, 2.45) is 5.41 Å². The van der Waals surface area contributed by atoms with E-state index in [9.17, 15) is 9.59 Å². The Balaban J connectivity index is 2.29. The standard InChI is InChI=1S/C10H10O4/c1-6-5-7(14-8(6)11)10(2)3-4-13-9(10)12/h3-5,7H,1-2H3. The molecule has 4 nitrogen and oxygen atoms in total. The summed E-state index contributed by atoms with van der Waals surface area (Å²) in [4.78, 5) is 22.5. The zero-order valence-electron chi connectivity index (χ0n) is 7.94. The van der Waals surface area contributed by atoms with E-state index in [0.29, 0.717) is 5.57 Å². The van der Waals surface area contributed by atoms with E-state index in [1.54, 1.807) is 26.0 Å². The number of carbonyl (C=O) groups excluding carboxylic acids is 2. The monoisotopic (exact) mass is 194 g/mol. The van der Waals surface area contributed by atoms with E-state index >= 15 is 0 Å². The zero-order valence-corrected chi connectivity index (χ0v) is 7.94. The molecule has 2 atom stereocenters. The first-order valence-corrected chi connectivity index (χ1v) is 4.32. The summed E-state index contributed by atoms with van der Waals surface area (Å²) in [7, 11) is 0. The van der Waals surface area contributed by atoms with Crippen molar-refractivity contribution in [1.82, 2.24) is 0 Å². The van der Waals surface area contributed by atoms with Crippen LogP contribution in [0.4, 0.5) is 0 Å². The predicted molar refractivity (Wildman–Crippen MR) is 47.0 cm³/mol. The third-order valence-electron chi connectivity index (χ3n) is 2.58. The van der Waals surface area contributed by atoms with Gasteiger partial charge < -0.3 is 9.47 Å². The number of ether oxygens (including phenoxy) is 2. The van der Waals surface area contributed by atoms with Crippen LogP contribution >= 0.6 is 0 Å². The highest BCUT2D eigenvalue weighted by atomic mass is 16.6. The average molecular weight is 194 g/mol. The van der Waals surface area contributed by atoms with Gasteiger partial charge in [0.25, 0.3) is 0 Å². The normalized spacial score (nSPS) is 35.6. The van der Waals surface area contributed by atoms with Crippen LogP contribution in [0.1, 0.15) is 13.8 Å². The second kappa shape index (κ2) is 2.70. The molecule has 2 aliphatic heterocycles. The molecule has 14 heavy (non-hydrogen) atoms. The van der Waals surface area contributed by atoms with E-state index < -0.39 is 11.5 Å². The van der Waals surface area contributed by atoms with Crippen LogP contribution in [0.5, 0.6) is 0 Å². The molecule has 0 N–H and O–H groups in total. The lowest BCUT2D eigenvalue weighted by atomic mass is 9.85. The number of carbonyl (C=O) groups is 2. The molecule has 0 saturated heterocycles. The molecular formula is C10H10O4. The minimum Gasteiger partial charge on any atom is -0.453 e. The van der Waals surface area contributed by atoms with Crippen molar-refractivity contribution < 1.29 is 19.1 Å². The Morgan fingerprint density at radius 3 is 2.57 bits per heavy atom. The number of rotatable bonds is 1. The van der Waals surface area contributed by atoms with Crippen molar-refractivity contribution in [3.05, 3.63) is 24.0 Å². The smallest absolute Gasteiger partial charge is 0.334 e. The molecule has 0 radical (unpaired) electrons. The van der Waals surface area contributed by atoms with Crippen LogP contribution in [-0.2, 0) is 19.1 Å². The molecule has 0 bridgehead atoms. The van der Waals surface area contributed by atoms with Crippen LogP contribution in [0.3, 0.4) is 0 Å². The lowest BCUT2D eigenvalue weighted by molar-refractivity contribution is -0.153. The fourth-order valence-electron chi connectivity index (χ4n) is 1.48. The number of cyclic esters (lactones) is 2. The molecule has 2 aliphatic rings. The van der Waals surface area contributed by atoms with Gasteiger partial charge in [0, 0.05) is 5.57 Å². The van der Waals surface area contributed by atoms with Gasteiger partial charge in [-0.25, -0.2) is 4.79 Å². The second-order valence-electron chi connectivity index (χ2n) is 3.67. The summed E-state index contributed by atoms with van der Waals surface area (Å²) in [6, 6.07) is 0. The molecule has 0 aromatic rings. The zero-order chi connectivity index (χ0) is 10.3. The maximum atomic E-state index is 11.4. The van der Waals surface area contributed by atoms with E-state index in [2.05, 4.69) is 0 Å². The summed E-state index contributed by atoms with van der Waals surface area (Å²) in [6.07, 6.45) is 4.06. The van der Waals surface area contributed by atoms with Crippen LogP contribution in [0.2, 0.25) is 0 Å². The Bertz CT molecular complexity index is 366. The van der Waals surface area contributed by atoms with Crippen molar-refractivity contribution in [3.63, 3.8) is 0 Å². The van der Waals surface area contributed by atoms with Gasteiger partial charge in [-0.05, 0) is 26.0 Å². The van der Waals surface area contributed by atoms with E-state index in [1.807, 2.05) is 0 Å². The largest absolute Gasteiger partial charge is 0.453 e. The fraction of sp³-hybridized carbons (Fsp3) is 0.400. The second-order valence-corrected chi connectivity index (χ2v) is 3.67. The van der Waals surface area contributed by atoms with Gasteiger partial charge in [-0.1, -0.05) is 0 Å². The lowest BCUT2D eigenvalue weighted by Crippen LogP contribution is -2.35. The SMILES string of the molecule is CC1=CC(C2(C)C=COC2=O)OC1=O. The fourth-order valence-corrected chi connectivity index (χ4v) is 1.48. The van der Waals surface area contributed by atoms with Crippen molar-refractivity contribution in [3.8, 4) is 0 Å². The highest BCUT2D eigenvalue weighted by Crippen LogP contribution is 2.36. The molecule has 74 valence electrons. The molecule has 2 unspecified atom stereocenters. The first-order chi connectivity index (χ1) is 6.54. The lowest BCUT2D eigenvalue weighted by Gasteiger charge is -2.22. The van der Waals surface area contributed by atoms with Crippen LogP contribution in [-0.4, -0.2) is 18.0 Å². The molecular weight excluding hydrogens is 184 g/mol. The third kappa shape index (κ3) is 1.07. The number of esters is 2. The van der Waals surface area contributed by atoms with Gasteiger partial charge in [0.1, 0.15) is 11.5 Å². The highest BCUT2D eigenvalue weighted by Gasteiger charge is 2.47. The third-order valence-corrected chi connectivity index (χ3v) is 2.58. The van der Waals surface area contributed by atoms with Crippen molar-refractivity contribution in [2.45, 2.75) is 20.0 Å². The Morgan fingerprint density at radius 1 is 1.43 bits per heavy atom. The van der Waals surface area contributed by atoms with Gasteiger partial charge in [-0.2, -0.15) is 0 Å². The molecule has 0 amide bonds. The summed E-state index contributed by atoms with van der Waals surface area (Å²) in [5.74, 6) is -0.759. The first-order valence-electron chi connectivity index (χ1n) is 4.32. The highest BCUT2D eigenvalue weighted by molar-refractivity contribution is 5.92. The maximum Gasteiger partial charge on any atom is 0.334 e. The summed E-state index contributed by atoms with van der Waals surface area (Å²) in [6.45, 7) is 3.35. The topological polar surface area (TPSA) is 52.6 Å². The summed E-state index contributed by atoms with van der Waals surface area (Å²) in [5, 5.41) is 0. The van der Waals surface area contributed by atoms with Crippen molar-refractivity contribution in [1.29, 1.82) is 0 Å². The van der Waals surface area contributed by atoms with Crippen molar-refractivity contribution >= 4 is 11.9 Å². The van der Waals surface area contributed by atoms with Gasteiger partial charge in [-0.3, -0.25) is 4.79 Å². The summed E-state index contributed by atoms with van der Waals surface area (Å²) < 4.78 is 9.76. The van der Waals surface area contributed by atoms with Gasteiger partial charge in [0.05, 0.1) is 6.26 Å². The molecule has 0 aromatic heterocycles. The van der Waals surface area contributed by atoms with Crippen LogP contribution < -0.4 is 0 Å². The summed E-state index contributed by atoms with van der Waals surface area (Å²) in [5.41, 5.74) is -0.336.